The van der Waals surface area contributed by atoms with Gasteiger partial charge in [0.1, 0.15) is 17.3 Å². The number of rotatable bonds is 9. The average molecular weight is 385 g/mol. The summed E-state index contributed by atoms with van der Waals surface area (Å²) in [5, 5.41) is 0. The molecular weight excluding hydrogens is 352 g/mol. The van der Waals surface area contributed by atoms with Crippen molar-refractivity contribution in [3.8, 4) is 0 Å². The molecule has 1 saturated heterocycles. The molecule has 2 aromatic carbocycles. The van der Waals surface area contributed by atoms with Crippen molar-refractivity contribution in [2.75, 3.05) is 19.8 Å². The van der Waals surface area contributed by atoms with Crippen molar-refractivity contribution in [3.05, 3.63) is 84.4 Å². The molecule has 0 radical (unpaired) electrons. The zero-order valence-electron chi connectivity index (χ0n) is 17.4. The van der Waals surface area contributed by atoms with Crippen LogP contribution in [-0.2, 0) is 30.5 Å². The minimum atomic E-state index is -0.493. The Morgan fingerprint density at radius 3 is 1.68 bits per heavy atom. The van der Waals surface area contributed by atoms with Crippen LogP contribution in [0.15, 0.2) is 73.3 Å². The average Bonchev–Trinajstić information content (AvgIpc) is 3.53. The molecule has 1 aliphatic heterocycles. The SMILES string of the molecule is C=CCOCC1CO1.CC(C)(OOC(C)(C)c1ccccc1)c1ccccc1. The zero-order chi connectivity index (χ0) is 20.5. The fraction of sp³-hybridized carbons (Fsp3) is 0.417. The molecule has 0 N–H and O–H groups in total. The zero-order valence-corrected chi connectivity index (χ0v) is 17.4. The Morgan fingerprint density at radius 1 is 0.893 bits per heavy atom. The van der Waals surface area contributed by atoms with Gasteiger partial charge in [-0.2, -0.15) is 0 Å². The molecule has 0 bridgehead atoms. The van der Waals surface area contributed by atoms with Crippen LogP contribution in [0.25, 0.3) is 0 Å². The van der Waals surface area contributed by atoms with E-state index in [9.17, 15) is 0 Å². The first-order valence-corrected chi connectivity index (χ1v) is 9.63. The van der Waals surface area contributed by atoms with E-state index in [1.165, 1.54) is 0 Å². The second-order valence-electron chi connectivity index (χ2n) is 7.70. The highest BCUT2D eigenvalue weighted by atomic mass is 17.2. The van der Waals surface area contributed by atoms with Gasteiger partial charge in [-0.15, -0.1) is 6.58 Å². The maximum atomic E-state index is 5.73. The second kappa shape index (κ2) is 10.5. The highest BCUT2D eigenvalue weighted by molar-refractivity contribution is 5.22. The van der Waals surface area contributed by atoms with Crippen molar-refractivity contribution in [2.24, 2.45) is 0 Å². The Kier molecular flexibility index (Phi) is 8.39. The van der Waals surface area contributed by atoms with Crippen molar-refractivity contribution < 1.29 is 19.2 Å². The molecule has 152 valence electrons. The Morgan fingerprint density at radius 2 is 1.32 bits per heavy atom. The molecule has 28 heavy (non-hydrogen) atoms. The van der Waals surface area contributed by atoms with Crippen molar-refractivity contribution in [1.82, 2.24) is 0 Å². The monoisotopic (exact) mass is 384 g/mol. The van der Waals surface area contributed by atoms with Gasteiger partial charge in [-0.05, 0) is 38.8 Å². The van der Waals surface area contributed by atoms with Crippen LogP contribution < -0.4 is 0 Å². The number of hydrogen-bond acceptors (Lipinski definition) is 4. The standard InChI is InChI=1S/C18H22O2.C6H10O2/c1-17(2,15-11-7-5-8-12-15)19-20-18(3,4)16-13-9-6-10-14-16;1-2-3-7-4-6-5-8-6/h5-14H,1-4H3;2,6H,1,3-5H2. The highest BCUT2D eigenvalue weighted by Crippen LogP contribution is 2.31. The summed E-state index contributed by atoms with van der Waals surface area (Å²) >= 11 is 0. The van der Waals surface area contributed by atoms with Crippen molar-refractivity contribution in [3.63, 3.8) is 0 Å². The molecule has 0 aromatic heterocycles. The Bertz CT molecular complexity index is 640. The molecule has 4 nitrogen and oxygen atoms in total. The van der Waals surface area contributed by atoms with E-state index in [0.29, 0.717) is 12.7 Å². The van der Waals surface area contributed by atoms with E-state index >= 15 is 0 Å². The summed E-state index contributed by atoms with van der Waals surface area (Å²) in [5.41, 5.74) is 1.19. The minimum absolute atomic E-state index is 0.384. The molecule has 1 unspecified atom stereocenters. The van der Waals surface area contributed by atoms with Gasteiger partial charge in [0.2, 0.25) is 0 Å². The van der Waals surface area contributed by atoms with Gasteiger partial charge < -0.3 is 9.47 Å². The van der Waals surface area contributed by atoms with Gasteiger partial charge >= 0.3 is 0 Å². The summed E-state index contributed by atoms with van der Waals surface area (Å²) < 4.78 is 9.96. The third kappa shape index (κ3) is 7.56. The van der Waals surface area contributed by atoms with E-state index in [4.69, 9.17) is 19.2 Å². The minimum Gasteiger partial charge on any atom is -0.375 e. The maximum Gasteiger partial charge on any atom is 0.123 e. The first-order valence-electron chi connectivity index (χ1n) is 9.63. The van der Waals surface area contributed by atoms with Gasteiger partial charge in [-0.1, -0.05) is 66.7 Å². The molecule has 0 aliphatic carbocycles. The molecule has 4 heteroatoms. The van der Waals surface area contributed by atoms with E-state index in [1.807, 2.05) is 88.4 Å². The van der Waals surface area contributed by atoms with Crippen LogP contribution in [0.5, 0.6) is 0 Å². The van der Waals surface area contributed by atoms with Crippen molar-refractivity contribution in [2.45, 2.75) is 45.0 Å². The number of hydrogen-bond donors (Lipinski definition) is 0. The van der Waals surface area contributed by atoms with E-state index in [1.54, 1.807) is 6.08 Å². The molecule has 0 spiro atoms. The first-order chi connectivity index (χ1) is 13.3. The van der Waals surface area contributed by atoms with Gasteiger partial charge in [0.25, 0.3) is 0 Å². The van der Waals surface area contributed by atoms with E-state index < -0.39 is 11.2 Å². The third-order valence-corrected chi connectivity index (χ3v) is 4.34. The maximum absolute atomic E-state index is 5.73. The molecule has 2 aromatic rings. The van der Waals surface area contributed by atoms with Gasteiger partial charge in [-0.25, -0.2) is 9.78 Å². The van der Waals surface area contributed by atoms with Gasteiger partial charge in [0, 0.05) is 0 Å². The summed E-state index contributed by atoms with van der Waals surface area (Å²) in [5.74, 6) is 0. The van der Waals surface area contributed by atoms with Crippen LogP contribution in [-0.4, -0.2) is 25.9 Å². The second-order valence-corrected chi connectivity index (χ2v) is 7.70. The van der Waals surface area contributed by atoms with Crippen LogP contribution in [0.1, 0.15) is 38.8 Å². The molecule has 1 aliphatic rings. The first kappa shape index (κ1) is 22.3. The van der Waals surface area contributed by atoms with Crippen LogP contribution in [0, 0.1) is 0 Å². The van der Waals surface area contributed by atoms with E-state index in [2.05, 4.69) is 6.58 Å². The van der Waals surface area contributed by atoms with Crippen LogP contribution in [0.4, 0.5) is 0 Å². The van der Waals surface area contributed by atoms with Gasteiger partial charge in [-0.3, -0.25) is 0 Å². The number of epoxide rings is 1. The quantitative estimate of drug-likeness (QED) is 0.191. The van der Waals surface area contributed by atoms with E-state index in [0.717, 1.165) is 24.3 Å². The molecule has 0 saturated carbocycles. The smallest absolute Gasteiger partial charge is 0.123 e. The normalized spacial score (nSPS) is 16.1. The summed E-state index contributed by atoms with van der Waals surface area (Å²) in [4.78, 5) is 11.5. The fourth-order valence-corrected chi connectivity index (χ4v) is 2.43. The van der Waals surface area contributed by atoms with Crippen LogP contribution >= 0.6 is 0 Å². The molecule has 1 fully saturated rings. The summed E-state index contributed by atoms with van der Waals surface area (Å²) in [7, 11) is 0. The lowest BCUT2D eigenvalue weighted by Crippen LogP contribution is -2.29. The summed E-state index contributed by atoms with van der Waals surface area (Å²) in [6, 6.07) is 20.2. The largest absolute Gasteiger partial charge is 0.375 e. The Labute approximate surface area is 169 Å². The lowest BCUT2D eigenvalue weighted by molar-refractivity contribution is -0.410. The van der Waals surface area contributed by atoms with Crippen LogP contribution in [0.2, 0.25) is 0 Å². The molecular formula is C24H32O4. The summed E-state index contributed by atoms with van der Waals surface area (Å²) in [6.07, 6.45) is 2.12. The molecule has 1 atom stereocenters. The van der Waals surface area contributed by atoms with Crippen molar-refractivity contribution in [1.29, 1.82) is 0 Å². The lowest BCUT2D eigenvalue weighted by Gasteiger charge is -2.31. The van der Waals surface area contributed by atoms with Gasteiger partial charge in [0.15, 0.2) is 0 Å². The van der Waals surface area contributed by atoms with Crippen LogP contribution in [0.3, 0.4) is 0 Å². The number of ether oxygens (including phenoxy) is 2. The number of benzene rings is 2. The molecule has 3 rings (SSSR count). The van der Waals surface area contributed by atoms with E-state index in [-0.39, 0.29) is 0 Å². The topological polar surface area (TPSA) is 40.2 Å². The molecule has 1 heterocycles. The van der Waals surface area contributed by atoms with Crippen molar-refractivity contribution >= 4 is 0 Å². The Hall–Kier alpha value is -1.98. The summed E-state index contributed by atoms with van der Waals surface area (Å²) in [6.45, 7) is 13.8. The Balaban J connectivity index is 0.000000292. The molecule has 0 amide bonds. The highest BCUT2D eigenvalue weighted by Gasteiger charge is 2.29. The predicted octanol–water partition coefficient (Wildman–Crippen LogP) is 5.39. The predicted molar refractivity (Wildman–Crippen MR) is 112 cm³/mol. The lowest BCUT2D eigenvalue weighted by atomic mass is 9.98. The van der Waals surface area contributed by atoms with Gasteiger partial charge in [0.05, 0.1) is 19.8 Å². The fourth-order valence-electron chi connectivity index (χ4n) is 2.43. The third-order valence-electron chi connectivity index (χ3n) is 4.34.